The summed E-state index contributed by atoms with van der Waals surface area (Å²) in [6.07, 6.45) is 0.791. The van der Waals surface area contributed by atoms with Gasteiger partial charge >= 0.3 is 12.2 Å². The second-order valence-corrected chi connectivity index (χ2v) is 12.1. The van der Waals surface area contributed by atoms with Crippen molar-refractivity contribution >= 4 is 34.0 Å². The normalized spacial score (nSPS) is 12.0. The number of imidazole rings is 2. The summed E-state index contributed by atoms with van der Waals surface area (Å²) in [5, 5.41) is 7.55. The Labute approximate surface area is 244 Å². The van der Waals surface area contributed by atoms with Crippen LogP contribution < -0.4 is 10.6 Å². The number of hydrogen-bond donors (Lipinski definition) is 4. The van der Waals surface area contributed by atoms with Crippen molar-refractivity contribution in [3.63, 3.8) is 0 Å². The lowest BCUT2D eigenvalue weighted by atomic mass is 9.99. The summed E-state index contributed by atoms with van der Waals surface area (Å²) in [4.78, 5) is 39.6. The van der Waals surface area contributed by atoms with Crippen molar-refractivity contribution in [1.29, 1.82) is 0 Å². The molecule has 0 aliphatic heterocycles. The van der Waals surface area contributed by atoms with E-state index in [1.807, 2.05) is 59.7 Å². The molecule has 2 heterocycles. The fourth-order valence-electron chi connectivity index (χ4n) is 4.50. The number of fused-ring (bicyclic) bond motifs is 3. The molecule has 0 spiro atoms. The molecule has 0 atom stereocenters. The number of alkyl carbamates (subject to hydrolysis) is 2. The fraction of sp³-hybridized carbons (Fsp3) is 0.312. The van der Waals surface area contributed by atoms with Crippen molar-refractivity contribution in [2.45, 2.75) is 65.8 Å². The molecule has 0 saturated heterocycles. The Kier molecular flexibility index (Phi) is 7.64. The highest BCUT2D eigenvalue weighted by Crippen LogP contribution is 2.30. The second-order valence-electron chi connectivity index (χ2n) is 12.1. The molecule has 5 aromatic rings. The zero-order valence-corrected chi connectivity index (χ0v) is 24.7. The monoisotopic (exact) mass is 568 g/mol. The third-order valence-corrected chi connectivity index (χ3v) is 6.27. The van der Waals surface area contributed by atoms with Crippen LogP contribution in [0.5, 0.6) is 0 Å². The van der Waals surface area contributed by atoms with Crippen molar-refractivity contribution in [2.24, 2.45) is 0 Å². The van der Waals surface area contributed by atoms with Crippen LogP contribution >= 0.6 is 0 Å². The number of aromatic nitrogens is 4. The summed E-state index contributed by atoms with van der Waals surface area (Å²) in [7, 11) is 0. The van der Waals surface area contributed by atoms with Gasteiger partial charge in [-0.3, -0.25) is 0 Å². The SMILES string of the molecule is CC(C)(C)OC(=O)NCc1ncc(-c2ccc(-c3ccc4c(ccc5[nH]c(CNC(=O)OC(C)(C)C)nc54)c3)cc2)[nH]1. The van der Waals surface area contributed by atoms with Gasteiger partial charge in [0.15, 0.2) is 0 Å². The topological polar surface area (TPSA) is 134 Å². The predicted molar refractivity (Wildman–Crippen MR) is 163 cm³/mol. The summed E-state index contributed by atoms with van der Waals surface area (Å²) in [6, 6.07) is 18.6. The standard InChI is InChI=1S/C32H36N6O4/c1-31(2,3)41-29(39)34-17-26-33-16-25(37-26)20-9-7-19(8-10-20)21-11-13-23-22(15-21)12-14-24-28(23)38-27(36-24)18-35-30(40)42-32(4,5)6/h7-16H,17-18H2,1-6H3,(H,33,37)(H,34,39)(H,35,40)(H,36,38). The number of rotatable bonds is 6. The van der Waals surface area contributed by atoms with E-state index in [0.717, 1.165) is 44.2 Å². The quantitative estimate of drug-likeness (QED) is 0.178. The van der Waals surface area contributed by atoms with Gasteiger partial charge in [0, 0.05) is 5.39 Å². The van der Waals surface area contributed by atoms with E-state index in [1.54, 1.807) is 6.20 Å². The Balaban J connectivity index is 1.27. The Morgan fingerprint density at radius 1 is 0.738 bits per heavy atom. The van der Waals surface area contributed by atoms with Crippen LogP contribution in [0.15, 0.2) is 60.8 Å². The molecule has 5 rings (SSSR count). The van der Waals surface area contributed by atoms with Gasteiger partial charge in [-0.25, -0.2) is 19.6 Å². The molecule has 0 aliphatic carbocycles. The average Bonchev–Trinajstić information content (AvgIpc) is 3.56. The van der Waals surface area contributed by atoms with E-state index in [2.05, 4.69) is 62.0 Å². The number of hydrogen-bond acceptors (Lipinski definition) is 6. The molecule has 0 aliphatic rings. The van der Waals surface area contributed by atoms with Gasteiger partial charge in [0.25, 0.3) is 0 Å². The van der Waals surface area contributed by atoms with Gasteiger partial charge in [-0.1, -0.05) is 42.5 Å². The van der Waals surface area contributed by atoms with Crippen LogP contribution in [-0.2, 0) is 22.6 Å². The molecular weight excluding hydrogens is 532 g/mol. The van der Waals surface area contributed by atoms with E-state index in [0.29, 0.717) is 11.6 Å². The van der Waals surface area contributed by atoms with Crippen LogP contribution in [0, 0.1) is 0 Å². The van der Waals surface area contributed by atoms with Crippen LogP contribution in [0.25, 0.3) is 44.2 Å². The molecule has 0 radical (unpaired) electrons. The average molecular weight is 569 g/mol. The van der Waals surface area contributed by atoms with E-state index < -0.39 is 23.4 Å². The van der Waals surface area contributed by atoms with Crippen LogP contribution in [-0.4, -0.2) is 43.3 Å². The maximum atomic E-state index is 12.0. The van der Waals surface area contributed by atoms with Gasteiger partial charge in [-0.15, -0.1) is 0 Å². The number of ether oxygens (including phenoxy) is 2. The maximum Gasteiger partial charge on any atom is 0.408 e. The van der Waals surface area contributed by atoms with Crippen molar-refractivity contribution in [2.75, 3.05) is 0 Å². The molecular formula is C32H36N6O4. The largest absolute Gasteiger partial charge is 0.444 e. The number of H-pyrrole nitrogens is 2. The highest BCUT2D eigenvalue weighted by Gasteiger charge is 2.17. The zero-order chi connectivity index (χ0) is 30.1. The Bertz CT molecular complexity index is 1740. The molecule has 0 saturated carbocycles. The number of carbonyl (C=O) groups excluding carboxylic acids is 2. The van der Waals surface area contributed by atoms with E-state index in [9.17, 15) is 9.59 Å². The number of amides is 2. The van der Waals surface area contributed by atoms with Crippen LogP contribution in [0.1, 0.15) is 53.2 Å². The van der Waals surface area contributed by atoms with E-state index in [1.165, 1.54) is 0 Å². The predicted octanol–water partition coefficient (Wildman–Crippen LogP) is 6.82. The number of carbonyl (C=O) groups is 2. The minimum absolute atomic E-state index is 0.244. The molecule has 0 fully saturated rings. The summed E-state index contributed by atoms with van der Waals surface area (Å²) < 4.78 is 10.6. The first kappa shape index (κ1) is 28.7. The van der Waals surface area contributed by atoms with Crippen LogP contribution in [0.3, 0.4) is 0 Å². The van der Waals surface area contributed by atoms with Gasteiger partial charge in [-0.05, 0) is 75.8 Å². The number of nitrogens with zero attached hydrogens (tertiary/aromatic N) is 2. The smallest absolute Gasteiger partial charge is 0.408 e. The summed E-state index contributed by atoms with van der Waals surface area (Å²) in [5.41, 5.74) is 4.66. The third kappa shape index (κ3) is 7.06. The third-order valence-electron chi connectivity index (χ3n) is 6.27. The Morgan fingerprint density at radius 3 is 1.98 bits per heavy atom. The molecule has 2 amide bonds. The minimum atomic E-state index is -0.559. The lowest BCUT2D eigenvalue weighted by Gasteiger charge is -2.19. The summed E-state index contributed by atoms with van der Waals surface area (Å²) in [5.74, 6) is 1.30. The first-order valence-electron chi connectivity index (χ1n) is 13.8. The first-order valence-corrected chi connectivity index (χ1v) is 13.8. The van der Waals surface area contributed by atoms with Crippen molar-refractivity contribution < 1.29 is 19.1 Å². The van der Waals surface area contributed by atoms with Gasteiger partial charge < -0.3 is 30.1 Å². The first-order chi connectivity index (χ1) is 19.8. The molecule has 3 aromatic carbocycles. The number of benzene rings is 3. The molecule has 10 heteroatoms. The summed E-state index contributed by atoms with van der Waals surface area (Å²) in [6.45, 7) is 11.4. The molecule has 218 valence electrons. The number of nitrogens with one attached hydrogen (secondary N) is 4. The molecule has 2 aromatic heterocycles. The summed E-state index contributed by atoms with van der Waals surface area (Å²) >= 11 is 0. The zero-order valence-electron chi connectivity index (χ0n) is 24.7. The molecule has 0 bridgehead atoms. The number of aromatic amines is 2. The van der Waals surface area contributed by atoms with E-state index in [4.69, 9.17) is 14.5 Å². The highest BCUT2D eigenvalue weighted by atomic mass is 16.6. The van der Waals surface area contributed by atoms with Gasteiger partial charge in [0.1, 0.15) is 22.9 Å². The van der Waals surface area contributed by atoms with E-state index >= 15 is 0 Å². The van der Waals surface area contributed by atoms with Crippen molar-refractivity contribution in [3.05, 3.63) is 72.4 Å². The Hall–Kier alpha value is -4.86. The van der Waals surface area contributed by atoms with E-state index in [-0.39, 0.29) is 13.1 Å². The van der Waals surface area contributed by atoms with Crippen LogP contribution in [0.2, 0.25) is 0 Å². The van der Waals surface area contributed by atoms with Gasteiger partial charge in [-0.2, -0.15) is 0 Å². The Morgan fingerprint density at radius 2 is 1.33 bits per heavy atom. The lowest BCUT2D eigenvalue weighted by Crippen LogP contribution is -2.32. The maximum absolute atomic E-state index is 12.0. The molecule has 10 nitrogen and oxygen atoms in total. The van der Waals surface area contributed by atoms with Gasteiger partial charge in [0.05, 0.1) is 36.0 Å². The molecule has 0 unspecified atom stereocenters. The van der Waals surface area contributed by atoms with Gasteiger partial charge in [0.2, 0.25) is 0 Å². The lowest BCUT2D eigenvalue weighted by molar-refractivity contribution is 0.0511. The molecule has 42 heavy (non-hydrogen) atoms. The van der Waals surface area contributed by atoms with Crippen molar-refractivity contribution in [1.82, 2.24) is 30.6 Å². The highest BCUT2D eigenvalue weighted by molar-refractivity contribution is 6.05. The van der Waals surface area contributed by atoms with Crippen molar-refractivity contribution in [3.8, 4) is 22.4 Å². The molecule has 4 N–H and O–H groups in total. The fourth-order valence-corrected chi connectivity index (χ4v) is 4.50. The second kappa shape index (κ2) is 11.2. The minimum Gasteiger partial charge on any atom is -0.444 e. The van der Waals surface area contributed by atoms with Crippen LogP contribution in [0.4, 0.5) is 9.59 Å².